The molecule has 1 heterocycles. The molecule has 0 saturated heterocycles. The van der Waals surface area contributed by atoms with Gasteiger partial charge in [-0.3, -0.25) is 4.79 Å². The number of hydrogen-bond acceptors (Lipinski definition) is 3. The Kier molecular flexibility index (Phi) is 4.56. The topological polar surface area (TPSA) is 52.9 Å². The smallest absolute Gasteiger partial charge is 0.266 e. The van der Waals surface area contributed by atoms with E-state index in [1.165, 1.54) is 11.3 Å². The van der Waals surface area contributed by atoms with Gasteiger partial charge in [0, 0.05) is 25.8 Å². The number of halogens is 1. The van der Waals surface area contributed by atoms with Crippen LogP contribution in [-0.4, -0.2) is 5.91 Å². The Morgan fingerprint density at radius 3 is 2.74 bits per heavy atom. The molecule has 0 saturated carbocycles. The minimum atomic E-state index is -0.409. The molecule has 0 radical (unpaired) electrons. The van der Waals surface area contributed by atoms with Gasteiger partial charge >= 0.3 is 0 Å². The van der Waals surface area contributed by atoms with Crippen LogP contribution in [0.2, 0.25) is 0 Å². The first-order chi connectivity index (χ1) is 11.2. The van der Waals surface area contributed by atoms with Crippen molar-refractivity contribution in [2.45, 2.75) is 0 Å². The summed E-state index contributed by atoms with van der Waals surface area (Å²) in [6.07, 6.45) is 1.59. The lowest BCUT2D eigenvalue weighted by atomic mass is 10.1. The van der Waals surface area contributed by atoms with Crippen molar-refractivity contribution in [2.75, 3.05) is 5.32 Å². The van der Waals surface area contributed by atoms with Gasteiger partial charge in [-0.15, -0.1) is 11.3 Å². The van der Waals surface area contributed by atoms with Crippen molar-refractivity contribution < 1.29 is 4.79 Å². The van der Waals surface area contributed by atoms with E-state index in [2.05, 4.69) is 21.2 Å². The van der Waals surface area contributed by atoms with Gasteiger partial charge in [-0.1, -0.05) is 36.4 Å². The van der Waals surface area contributed by atoms with Gasteiger partial charge in [0.05, 0.1) is 0 Å². The molecule has 1 N–H and O–H groups in total. The lowest BCUT2D eigenvalue weighted by Crippen LogP contribution is -2.13. The molecule has 0 fully saturated rings. The zero-order valence-corrected chi connectivity index (χ0v) is 14.3. The van der Waals surface area contributed by atoms with E-state index in [1.807, 2.05) is 60.0 Å². The Labute approximate surface area is 146 Å². The Hall–Kier alpha value is -2.42. The summed E-state index contributed by atoms with van der Waals surface area (Å²) < 4.78 is 0.931. The molecule has 0 unspecified atom stereocenters. The zero-order chi connectivity index (χ0) is 16.2. The summed E-state index contributed by atoms with van der Waals surface area (Å²) in [4.78, 5) is 13.2. The Bertz CT molecular complexity index is 948. The maximum absolute atomic E-state index is 12.4. The lowest BCUT2D eigenvalue weighted by Gasteiger charge is -2.08. The minimum absolute atomic E-state index is 0.0762. The number of nitrogens with zero attached hydrogens (tertiary/aromatic N) is 1. The molecule has 112 valence electrons. The molecular weight excluding hydrogens is 372 g/mol. The van der Waals surface area contributed by atoms with E-state index in [1.54, 1.807) is 6.08 Å². The van der Waals surface area contributed by atoms with Gasteiger partial charge in [0.15, 0.2) is 0 Å². The highest BCUT2D eigenvalue weighted by Crippen LogP contribution is 2.25. The number of carbonyl (C=O) groups excluding carboxylic acids is 1. The second-order valence-corrected chi connectivity index (χ2v) is 6.68. The molecule has 0 aliphatic rings. The van der Waals surface area contributed by atoms with Gasteiger partial charge in [0.1, 0.15) is 11.6 Å². The number of thiophene rings is 1. The van der Waals surface area contributed by atoms with Gasteiger partial charge in [-0.2, -0.15) is 5.26 Å². The summed E-state index contributed by atoms with van der Waals surface area (Å²) in [6.45, 7) is 0. The van der Waals surface area contributed by atoms with Crippen LogP contribution in [0.15, 0.2) is 64.0 Å². The van der Waals surface area contributed by atoms with Crippen molar-refractivity contribution >= 4 is 55.7 Å². The number of nitrogens with one attached hydrogen (secondary N) is 1. The van der Waals surface area contributed by atoms with Gasteiger partial charge in [0.2, 0.25) is 0 Å². The van der Waals surface area contributed by atoms with Gasteiger partial charge < -0.3 is 5.32 Å². The molecule has 0 spiro atoms. The van der Waals surface area contributed by atoms with Crippen molar-refractivity contribution in [3.8, 4) is 6.07 Å². The van der Waals surface area contributed by atoms with E-state index in [0.717, 1.165) is 20.1 Å². The first-order valence-corrected chi connectivity index (χ1v) is 8.49. The SMILES string of the molecule is N#C/C(=C\c1cc(Br)cs1)C(=O)Nc1cccc2ccccc12. The molecule has 23 heavy (non-hydrogen) atoms. The molecular formula is C18H11BrN2OS. The second-order valence-electron chi connectivity index (χ2n) is 4.82. The molecule has 0 aliphatic carbocycles. The molecule has 3 aromatic rings. The molecule has 0 aliphatic heterocycles. The van der Waals surface area contributed by atoms with E-state index in [-0.39, 0.29) is 5.57 Å². The Morgan fingerprint density at radius 2 is 2.00 bits per heavy atom. The van der Waals surface area contributed by atoms with E-state index in [9.17, 15) is 10.1 Å². The number of hydrogen-bond donors (Lipinski definition) is 1. The van der Waals surface area contributed by atoms with E-state index < -0.39 is 5.91 Å². The summed E-state index contributed by atoms with van der Waals surface area (Å²) in [5.74, 6) is -0.409. The number of rotatable bonds is 3. The fourth-order valence-electron chi connectivity index (χ4n) is 2.22. The van der Waals surface area contributed by atoms with Crippen LogP contribution in [-0.2, 0) is 4.79 Å². The highest BCUT2D eigenvalue weighted by Gasteiger charge is 2.11. The van der Waals surface area contributed by atoms with Gasteiger partial charge in [-0.25, -0.2) is 0 Å². The summed E-state index contributed by atoms with van der Waals surface area (Å²) >= 11 is 4.82. The van der Waals surface area contributed by atoms with Gasteiger partial charge in [0.25, 0.3) is 5.91 Å². The van der Waals surface area contributed by atoms with E-state index >= 15 is 0 Å². The summed E-state index contributed by atoms with van der Waals surface area (Å²) in [5, 5.41) is 16.0. The third-order valence-corrected chi connectivity index (χ3v) is 4.92. The van der Waals surface area contributed by atoms with Crippen molar-refractivity contribution in [2.24, 2.45) is 0 Å². The quantitative estimate of drug-likeness (QED) is 0.499. The molecule has 5 heteroatoms. The third-order valence-electron chi connectivity index (χ3n) is 3.28. The minimum Gasteiger partial charge on any atom is -0.321 e. The summed E-state index contributed by atoms with van der Waals surface area (Å²) in [5.41, 5.74) is 0.772. The predicted octanol–water partition coefficient (Wildman–Crippen LogP) is 5.21. The number of nitriles is 1. The monoisotopic (exact) mass is 382 g/mol. The van der Waals surface area contributed by atoms with Crippen LogP contribution in [0.25, 0.3) is 16.8 Å². The molecule has 0 bridgehead atoms. The standard InChI is InChI=1S/C18H11BrN2OS/c19-14-9-15(23-11-14)8-13(10-20)18(22)21-17-7-3-5-12-4-1-2-6-16(12)17/h1-9,11H,(H,21,22)/b13-8+. The van der Waals surface area contributed by atoms with Crippen molar-refractivity contribution in [1.29, 1.82) is 5.26 Å². The largest absolute Gasteiger partial charge is 0.321 e. The number of carbonyl (C=O) groups is 1. The van der Waals surface area contributed by atoms with Crippen molar-refractivity contribution in [3.05, 3.63) is 68.8 Å². The van der Waals surface area contributed by atoms with E-state index in [0.29, 0.717) is 5.69 Å². The number of benzene rings is 2. The lowest BCUT2D eigenvalue weighted by molar-refractivity contribution is -0.112. The van der Waals surface area contributed by atoms with E-state index in [4.69, 9.17) is 0 Å². The highest BCUT2D eigenvalue weighted by molar-refractivity contribution is 9.10. The average molecular weight is 383 g/mol. The normalized spacial score (nSPS) is 11.2. The summed E-state index contributed by atoms with van der Waals surface area (Å²) in [6, 6.07) is 17.3. The van der Waals surface area contributed by atoms with Crippen LogP contribution >= 0.6 is 27.3 Å². The Morgan fingerprint density at radius 1 is 1.22 bits per heavy atom. The van der Waals surface area contributed by atoms with Crippen LogP contribution in [0, 0.1) is 11.3 Å². The first-order valence-electron chi connectivity index (χ1n) is 6.82. The highest BCUT2D eigenvalue weighted by atomic mass is 79.9. The predicted molar refractivity (Wildman–Crippen MR) is 98.2 cm³/mol. The molecule has 3 rings (SSSR count). The van der Waals surface area contributed by atoms with Crippen LogP contribution < -0.4 is 5.32 Å². The van der Waals surface area contributed by atoms with Crippen LogP contribution in [0.3, 0.4) is 0 Å². The molecule has 2 aromatic carbocycles. The number of anilines is 1. The van der Waals surface area contributed by atoms with Crippen molar-refractivity contribution in [3.63, 3.8) is 0 Å². The van der Waals surface area contributed by atoms with Crippen LogP contribution in [0.4, 0.5) is 5.69 Å². The Balaban J connectivity index is 1.90. The maximum Gasteiger partial charge on any atom is 0.266 e. The zero-order valence-electron chi connectivity index (χ0n) is 11.9. The second kappa shape index (κ2) is 6.78. The first kappa shape index (κ1) is 15.5. The number of amides is 1. The maximum atomic E-state index is 12.4. The van der Waals surface area contributed by atoms with Crippen LogP contribution in [0.1, 0.15) is 4.88 Å². The van der Waals surface area contributed by atoms with Gasteiger partial charge in [-0.05, 0) is 39.5 Å². The fraction of sp³-hybridized carbons (Fsp3) is 0. The van der Waals surface area contributed by atoms with Crippen LogP contribution in [0.5, 0.6) is 0 Å². The summed E-state index contributed by atoms with van der Waals surface area (Å²) in [7, 11) is 0. The molecule has 3 nitrogen and oxygen atoms in total. The average Bonchev–Trinajstić information content (AvgIpc) is 2.98. The fourth-order valence-corrected chi connectivity index (χ4v) is 3.60. The molecule has 1 aromatic heterocycles. The van der Waals surface area contributed by atoms with Crippen molar-refractivity contribution in [1.82, 2.24) is 0 Å². The molecule has 0 atom stereocenters. The third kappa shape index (κ3) is 3.50. The molecule has 1 amide bonds. The number of fused-ring (bicyclic) bond motifs is 1.